The second-order valence-electron chi connectivity index (χ2n) is 4.89. The number of amidine groups is 1. The molecule has 0 aromatic heterocycles. The highest BCUT2D eigenvalue weighted by molar-refractivity contribution is 14.1. The molecule has 5 nitrogen and oxygen atoms in total. The molecule has 0 spiro atoms. The topological polar surface area (TPSA) is 70.9 Å². The monoisotopic (exact) mass is 452 g/mol. The van der Waals surface area contributed by atoms with Gasteiger partial charge in [-0.15, -0.1) is 0 Å². The summed E-state index contributed by atoms with van der Waals surface area (Å²) in [6.07, 6.45) is 1.74. The van der Waals surface area contributed by atoms with Crippen LogP contribution in [0.2, 0.25) is 0 Å². The maximum atomic E-state index is 12.1. The summed E-state index contributed by atoms with van der Waals surface area (Å²) in [4.78, 5) is 17.1. The zero-order valence-electron chi connectivity index (χ0n) is 12.6. The first-order valence-corrected chi connectivity index (χ1v) is 8.87. The Bertz CT molecular complexity index is 865. The molecule has 0 saturated carbocycles. The molecular formula is C17H13IN2O3S. The predicted molar refractivity (Wildman–Crippen MR) is 105 cm³/mol. The number of amides is 1. The molecule has 122 valence electrons. The highest BCUT2D eigenvalue weighted by atomic mass is 127. The average Bonchev–Trinajstić information content (AvgIpc) is 2.88. The van der Waals surface area contributed by atoms with Crippen molar-refractivity contribution in [3.05, 3.63) is 56.5 Å². The van der Waals surface area contributed by atoms with Gasteiger partial charge in [0.2, 0.25) is 0 Å². The fourth-order valence-corrected chi connectivity index (χ4v) is 3.45. The minimum absolute atomic E-state index is 0.0594. The van der Waals surface area contributed by atoms with Crippen molar-refractivity contribution in [1.29, 1.82) is 0 Å². The Labute approximate surface area is 157 Å². The molecule has 1 fully saturated rings. The van der Waals surface area contributed by atoms with Gasteiger partial charge in [0.1, 0.15) is 0 Å². The van der Waals surface area contributed by atoms with E-state index in [9.17, 15) is 9.90 Å². The number of nitrogens with zero attached hydrogens (tertiary/aromatic N) is 1. The van der Waals surface area contributed by atoms with Gasteiger partial charge in [-0.1, -0.05) is 12.1 Å². The van der Waals surface area contributed by atoms with Gasteiger partial charge in [-0.3, -0.25) is 4.79 Å². The minimum atomic E-state index is -0.198. The normalized spacial score (nSPS) is 17.3. The lowest BCUT2D eigenvalue weighted by Gasteiger charge is -2.03. The minimum Gasteiger partial charge on any atom is -0.504 e. The first kappa shape index (κ1) is 16.8. The van der Waals surface area contributed by atoms with Crippen molar-refractivity contribution in [2.45, 2.75) is 0 Å². The lowest BCUT2D eigenvalue weighted by molar-refractivity contribution is -0.115. The molecule has 2 N–H and O–H groups in total. The fraction of sp³-hybridized carbons (Fsp3) is 0.0588. The van der Waals surface area contributed by atoms with Crippen molar-refractivity contribution < 1.29 is 14.6 Å². The number of rotatable bonds is 3. The van der Waals surface area contributed by atoms with Crippen LogP contribution in [0.4, 0.5) is 5.69 Å². The smallest absolute Gasteiger partial charge is 0.264 e. The Morgan fingerprint density at radius 3 is 2.88 bits per heavy atom. The number of phenolic OH excluding ortho intramolecular Hbond substituents is 1. The second kappa shape index (κ2) is 7.27. The van der Waals surface area contributed by atoms with Crippen LogP contribution in [0.3, 0.4) is 0 Å². The largest absolute Gasteiger partial charge is 0.504 e. The number of ether oxygens (including phenoxy) is 1. The predicted octanol–water partition coefficient (Wildman–Crippen LogP) is 3.90. The number of nitrogens with one attached hydrogen (secondary N) is 1. The lowest BCUT2D eigenvalue weighted by Crippen LogP contribution is -2.19. The molecule has 1 heterocycles. The van der Waals surface area contributed by atoms with Gasteiger partial charge in [0, 0.05) is 3.57 Å². The molecule has 3 rings (SSSR count). The average molecular weight is 452 g/mol. The number of benzene rings is 2. The maximum Gasteiger partial charge on any atom is 0.264 e. The number of hydrogen-bond acceptors (Lipinski definition) is 5. The van der Waals surface area contributed by atoms with Crippen LogP contribution in [-0.2, 0) is 4.79 Å². The van der Waals surface area contributed by atoms with Gasteiger partial charge < -0.3 is 15.2 Å². The van der Waals surface area contributed by atoms with Gasteiger partial charge in [-0.05, 0) is 76.3 Å². The number of carbonyl (C=O) groups excluding carboxylic acids is 1. The molecule has 1 amide bonds. The van der Waals surface area contributed by atoms with E-state index in [4.69, 9.17) is 4.74 Å². The summed E-state index contributed by atoms with van der Waals surface area (Å²) in [5.74, 6) is 0.223. The Morgan fingerprint density at radius 1 is 1.29 bits per heavy atom. The van der Waals surface area contributed by atoms with E-state index in [-0.39, 0.29) is 11.7 Å². The summed E-state index contributed by atoms with van der Waals surface area (Å²) in [5.41, 5.74) is 1.55. The van der Waals surface area contributed by atoms with Gasteiger partial charge in [0.25, 0.3) is 5.91 Å². The molecule has 2 aromatic rings. The zero-order valence-corrected chi connectivity index (χ0v) is 15.6. The van der Waals surface area contributed by atoms with Gasteiger partial charge in [0.15, 0.2) is 16.7 Å². The van der Waals surface area contributed by atoms with Crippen LogP contribution in [-0.4, -0.2) is 23.3 Å². The standard InChI is InChI=1S/C17H13IN2O3S/c1-23-14-7-10(5-6-13(14)21)8-15-16(22)20-17(24-15)19-12-4-2-3-11(18)9-12/h2-9,21H,1H3,(H,19,20,22)/b15-8+. The Kier molecular flexibility index (Phi) is 5.10. The molecular weight excluding hydrogens is 439 g/mol. The molecule has 1 aliphatic heterocycles. The molecule has 1 aliphatic rings. The number of halogens is 1. The van der Waals surface area contributed by atoms with E-state index in [1.54, 1.807) is 18.2 Å². The third-order valence-corrected chi connectivity index (χ3v) is 4.77. The van der Waals surface area contributed by atoms with Gasteiger partial charge in [0.05, 0.1) is 17.7 Å². The van der Waals surface area contributed by atoms with E-state index < -0.39 is 0 Å². The van der Waals surface area contributed by atoms with E-state index in [1.165, 1.54) is 24.9 Å². The fourth-order valence-electron chi connectivity index (χ4n) is 2.08. The van der Waals surface area contributed by atoms with E-state index in [2.05, 4.69) is 32.9 Å². The molecule has 1 saturated heterocycles. The summed E-state index contributed by atoms with van der Waals surface area (Å²) in [6, 6.07) is 12.6. The molecule has 2 aromatic carbocycles. The van der Waals surface area contributed by atoms with Crippen molar-refractivity contribution >= 4 is 57.2 Å². The van der Waals surface area contributed by atoms with Crippen LogP contribution in [0.1, 0.15) is 5.56 Å². The number of hydrogen-bond donors (Lipinski definition) is 2. The third-order valence-electron chi connectivity index (χ3n) is 3.19. The van der Waals surface area contributed by atoms with E-state index in [1.807, 2.05) is 24.3 Å². The zero-order chi connectivity index (χ0) is 17.1. The first-order chi connectivity index (χ1) is 11.5. The maximum absolute atomic E-state index is 12.1. The summed E-state index contributed by atoms with van der Waals surface area (Å²) in [6.45, 7) is 0. The summed E-state index contributed by atoms with van der Waals surface area (Å²) in [5, 5.41) is 12.9. The Balaban J connectivity index is 1.84. The molecule has 0 atom stereocenters. The van der Waals surface area contributed by atoms with Crippen LogP contribution in [0.5, 0.6) is 11.5 Å². The molecule has 7 heteroatoms. The SMILES string of the molecule is COc1cc(/C=C2/SC(=Nc3cccc(I)c3)NC2=O)ccc1O. The Morgan fingerprint density at radius 2 is 2.12 bits per heavy atom. The number of methoxy groups -OCH3 is 1. The van der Waals surface area contributed by atoms with Crippen LogP contribution in [0.25, 0.3) is 6.08 Å². The molecule has 0 unspecified atom stereocenters. The van der Waals surface area contributed by atoms with E-state index >= 15 is 0 Å². The van der Waals surface area contributed by atoms with E-state index in [0.717, 1.165) is 14.8 Å². The van der Waals surface area contributed by atoms with Crippen molar-refractivity contribution in [3.63, 3.8) is 0 Å². The highest BCUT2D eigenvalue weighted by Crippen LogP contribution is 2.31. The van der Waals surface area contributed by atoms with Crippen molar-refractivity contribution in [3.8, 4) is 11.5 Å². The van der Waals surface area contributed by atoms with Gasteiger partial charge >= 0.3 is 0 Å². The van der Waals surface area contributed by atoms with Crippen LogP contribution >= 0.6 is 34.4 Å². The Hall–Kier alpha value is -2.00. The van der Waals surface area contributed by atoms with E-state index in [0.29, 0.717) is 15.8 Å². The number of phenols is 1. The van der Waals surface area contributed by atoms with Crippen molar-refractivity contribution in [1.82, 2.24) is 5.32 Å². The highest BCUT2D eigenvalue weighted by Gasteiger charge is 2.23. The van der Waals surface area contributed by atoms with Crippen molar-refractivity contribution in [2.24, 2.45) is 4.99 Å². The molecule has 24 heavy (non-hydrogen) atoms. The molecule has 0 bridgehead atoms. The number of aromatic hydroxyl groups is 1. The van der Waals surface area contributed by atoms with Gasteiger partial charge in [-0.25, -0.2) is 4.99 Å². The third kappa shape index (κ3) is 3.90. The number of carbonyl (C=O) groups is 1. The summed E-state index contributed by atoms with van der Waals surface area (Å²) in [7, 11) is 1.48. The lowest BCUT2D eigenvalue weighted by atomic mass is 10.2. The second-order valence-corrected chi connectivity index (χ2v) is 7.17. The van der Waals surface area contributed by atoms with Gasteiger partial charge in [-0.2, -0.15) is 0 Å². The summed E-state index contributed by atoms with van der Waals surface area (Å²) >= 11 is 3.49. The van der Waals surface area contributed by atoms with Crippen LogP contribution < -0.4 is 10.1 Å². The first-order valence-electron chi connectivity index (χ1n) is 6.97. The quantitative estimate of drug-likeness (QED) is 0.548. The van der Waals surface area contributed by atoms with Crippen LogP contribution in [0, 0.1) is 3.57 Å². The summed E-state index contributed by atoms with van der Waals surface area (Å²) < 4.78 is 6.16. The van der Waals surface area contributed by atoms with Crippen molar-refractivity contribution in [2.75, 3.05) is 7.11 Å². The molecule has 0 aliphatic carbocycles. The van der Waals surface area contributed by atoms with Crippen LogP contribution in [0.15, 0.2) is 52.4 Å². The number of aliphatic imine (C=N–C) groups is 1. The number of thioether (sulfide) groups is 1. The molecule has 0 radical (unpaired) electrons.